The van der Waals surface area contributed by atoms with Crippen LogP contribution in [0.15, 0.2) is 81.8 Å². The van der Waals surface area contributed by atoms with Crippen LogP contribution in [0.5, 0.6) is 0 Å². The largest absolute Gasteiger partial charge is 0.398 e. The number of benzene rings is 3. The first-order chi connectivity index (χ1) is 14.7. The van der Waals surface area contributed by atoms with E-state index in [1.165, 1.54) is 12.1 Å². The quantitative estimate of drug-likeness (QED) is 0.352. The number of rotatable bonds is 4. The highest BCUT2D eigenvalue weighted by Crippen LogP contribution is 2.31. The molecule has 2 nitrogen and oxygen atoms in total. The van der Waals surface area contributed by atoms with Gasteiger partial charge >= 0.3 is 0 Å². The summed E-state index contributed by atoms with van der Waals surface area (Å²) >= 11 is 22.9. The second-order valence-electron chi connectivity index (χ2n) is 6.54. The minimum absolute atomic E-state index is 0.230. The van der Waals surface area contributed by atoms with Crippen LogP contribution in [0.3, 0.4) is 0 Å². The van der Waals surface area contributed by atoms with Crippen molar-refractivity contribution >= 4 is 74.6 Å². The minimum atomic E-state index is -0.265. The number of anilines is 3. The summed E-state index contributed by atoms with van der Waals surface area (Å²) in [5, 5.41) is 3.22. The van der Waals surface area contributed by atoms with Crippen LogP contribution in [-0.4, -0.2) is 0 Å². The van der Waals surface area contributed by atoms with E-state index in [0.29, 0.717) is 5.69 Å². The Bertz CT molecular complexity index is 1080. The molecule has 0 saturated heterocycles. The lowest BCUT2D eigenvalue weighted by molar-refractivity contribution is 0.628. The van der Waals surface area contributed by atoms with Crippen molar-refractivity contribution in [3.05, 3.63) is 98.7 Å². The SMILES string of the molecule is CC(=C(Cl)Cl)c1ccccc1N.CC(=C(Cl)Cl)c1ccccc1Nc1ccc(F)cc1. The van der Waals surface area contributed by atoms with Gasteiger partial charge in [-0.05, 0) is 61.4 Å². The number of allylic oxidation sites excluding steroid dienone is 2. The molecular formula is C24H21Cl4FN2. The number of nitrogens with one attached hydrogen (secondary N) is 1. The molecule has 162 valence electrons. The maximum Gasteiger partial charge on any atom is 0.123 e. The molecular weight excluding hydrogens is 477 g/mol. The van der Waals surface area contributed by atoms with Crippen molar-refractivity contribution in [2.24, 2.45) is 0 Å². The highest BCUT2D eigenvalue weighted by Gasteiger charge is 2.07. The van der Waals surface area contributed by atoms with E-state index in [-0.39, 0.29) is 14.8 Å². The Labute approximate surface area is 202 Å². The lowest BCUT2D eigenvalue weighted by Gasteiger charge is -2.12. The van der Waals surface area contributed by atoms with Crippen LogP contribution in [0, 0.1) is 5.82 Å². The van der Waals surface area contributed by atoms with Crippen molar-refractivity contribution in [1.29, 1.82) is 0 Å². The first-order valence-electron chi connectivity index (χ1n) is 9.21. The molecule has 7 heteroatoms. The van der Waals surface area contributed by atoms with Gasteiger partial charge in [0.15, 0.2) is 0 Å². The molecule has 0 bridgehead atoms. The third-order valence-electron chi connectivity index (χ3n) is 4.39. The lowest BCUT2D eigenvalue weighted by Crippen LogP contribution is -1.95. The van der Waals surface area contributed by atoms with E-state index >= 15 is 0 Å². The molecule has 0 aliphatic rings. The zero-order valence-electron chi connectivity index (χ0n) is 16.9. The van der Waals surface area contributed by atoms with E-state index in [2.05, 4.69) is 5.32 Å². The maximum atomic E-state index is 12.9. The Kier molecular flexibility index (Phi) is 9.73. The lowest BCUT2D eigenvalue weighted by atomic mass is 10.1. The standard InChI is InChI=1S/C15H12Cl2FN.C9H9Cl2N/c1-10(15(16)17)13-4-2-3-5-14(13)19-12-8-6-11(18)7-9-12;1-6(9(10)11)7-4-2-3-5-8(7)12/h2-9,19H,1H3;2-5H,12H2,1H3. The summed E-state index contributed by atoms with van der Waals surface area (Å²) in [5.41, 5.74) is 11.4. The van der Waals surface area contributed by atoms with Crippen molar-refractivity contribution < 1.29 is 4.39 Å². The van der Waals surface area contributed by atoms with E-state index in [0.717, 1.165) is 33.6 Å². The topological polar surface area (TPSA) is 38.0 Å². The first kappa shape index (κ1) is 25.1. The Morgan fingerprint density at radius 1 is 0.710 bits per heavy atom. The molecule has 0 fully saturated rings. The monoisotopic (exact) mass is 496 g/mol. The van der Waals surface area contributed by atoms with Gasteiger partial charge in [-0.1, -0.05) is 82.8 Å². The second-order valence-corrected chi connectivity index (χ2v) is 8.43. The Morgan fingerprint density at radius 2 is 1.19 bits per heavy atom. The molecule has 0 amide bonds. The first-order valence-corrected chi connectivity index (χ1v) is 10.7. The molecule has 0 spiro atoms. The van der Waals surface area contributed by atoms with Gasteiger partial charge in [-0.25, -0.2) is 4.39 Å². The third kappa shape index (κ3) is 7.48. The van der Waals surface area contributed by atoms with Gasteiger partial charge in [-0.2, -0.15) is 0 Å². The zero-order valence-corrected chi connectivity index (χ0v) is 19.9. The molecule has 3 aromatic rings. The van der Waals surface area contributed by atoms with E-state index in [1.807, 2.05) is 62.4 Å². The molecule has 0 unspecified atom stereocenters. The average Bonchev–Trinajstić information content (AvgIpc) is 2.75. The van der Waals surface area contributed by atoms with E-state index in [9.17, 15) is 4.39 Å². The fourth-order valence-electron chi connectivity index (χ4n) is 2.65. The van der Waals surface area contributed by atoms with Crippen LogP contribution < -0.4 is 11.1 Å². The van der Waals surface area contributed by atoms with Crippen LogP contribution >= 0.6 is 46.4 Å². The summed E-state index contributed by atoms with van der Waals surface area (Å²) < 4.78 is 13.4. The molecule has 31 heavy (non-hydrogen) atoms. The number of hydrogen-bond donors (Lipinski definition) is 2. The van der Waals surface area contributed by atoms with E-state index in [1.54, 1.807) is 12.1 Å². The molecule has 0 radical (unpaired) electrons. The summed E-state index contributed by atoms with van der Waals surface area (Å²) in [6, 6.07) is 21.3. The van der Waals surface area contributed by atoms with Crippen LogP contribution in [0.1, 0.15) is 25.0 Å². The second kappa shape index (κ2) is 12.0. The molecule has 0 saturated carbocycles. The molecule has 3 rings (SSSR count). The molecule has 0 aliphatic heterocycles. The van der Waals surface area contributed by atoms with Gasteiger partial charge in [0.25, 0.3) is 0 Å². The Hall–Kier alpha value is -2.17. The molecule has 0 heterocycles. The van der Waals surface area contributed by atoms with Crippen molar-refractivity contribution in [3.63, 3.8) is 0 Å². The number of hydrogen-bond acceptors (Lipinski definition) is 2. The highest BCUT2D eigenvalue weighted by atomic mass is 35.5. The number of para-hydroxylation sites is 2. The van der Waals surface area contributed by atoms with Gasteiger partial charge in [0.1, 0.15) is 14.8 Å². The third-order valence-corrected chi connectivity index (χ3v) is 5.52. The van der Waals surface area contributed by atoms with E-state index in [4.69, 9.17) is 52.1 Å². The van der Waals surface area contributed by atoms with Crippen molar-refractivity contribution in [2.75, 3.05) is 11.1 Å². The predicted molar refractivity (Wildman–Crippen MR) is 136 cm³/mol. The minimum Gasteiger partial charge on any atom is -0.398 e. The molecule has 3 N–H and O–H groups in total. The van der Waals surface area contributed by atoms with Gasteiger partial charge in [-0.15, -0.1) is 0 Å². The highest BCUT2D eigenvalue weighted by molar-refractivity contribution is 6.58. The van der Waals surface area contributed by atoms with Crippen LogP contribution in [0.25, 0.3) is 11.1 Å². The van der Waals surface area contributed by atoms with Gasteiger partial charge < -0.3 is 11.1 Å². The number of halogens is 5. The fraction of sp³-hybridized carbons (Fsp3) is 0.0833. The number of nitrogens with two attached hydrogens (primary N) is 1. The molecule has 0 atom stereocenters. The van der Waals surface area contributed by atoms with Crippen LogP contribution in [0.4, 0.5) is 21.5 Å². The number of nitrogen functional groups attached to an aromatic ring is 1. The summed E-state index contributed by atoms with van der Waals surface area (Å²) in [7, 11) is 0. The van der Waals surface area contributed by atoms with Gasteiger partial charge in [0, 0.05) is 28.2 Å². The summed E-state index contributed by atoms with van der Waals surface area (Å²) in [4.78, 5) is 0. The van der Waals surface area contributed by atoms with Crippen LogP contribution in [0.2, 0.25) is 0 Å². The van der Waals surface area contributed by atoms with Gasteiger partial charge in [0.05, 0.1) is 0 Å². The molecule has 3 aromatic carbocycles. The van der Waals surface area contributed by atoms with Crippen molar-refractivity contribution in [3.8, 4) is 0 Å². The zero-order chi connectivity index (χ0) is 23.0. The Morgan fingerprint density at radius 3 is 1.74 bits per heavy atom. The normalized spacial score (nSPS) is 9.90. The smallest absolute Gasteiger partial charge is 0.123 e. The van der Waals surface area contributed by atoms with Gasteiger partial charge in [-0.3, -0.25) is 0 Å². The van der Waals surface area contributed by atoms with Crippen molar-refractivity contribution in [2.45, 2.75) is 13.8 Å². The summed E-state index contributed by atoms with van der Waals surface area (Å²) in [6.45, 7) is 3.68. The molecule has 0 aromatic heterocycles. The fourth-order valence-corrected chi connectivity index (χ4v) is 3.06. The maximum absolute atomic E-state index is 12.9. The van der Waals surface area contributed by atoms with Crippen LogP contribution in [-0.2, 0) is 0 Å². The van der Waals surface area contributed by atoms with Crippen molar-refractivity contribution in [1.82, 2.24) is 0 Å². The summed E-state index contributed by atoms with van der Waals surface area (Å²) in [5.74, 6) is -0.265. The Balaban J connectivity index is 0.000000245. The predicted octanol–water partition coefficient (Wildman–Crippen LogP) is 9.17. The van der Waals surface area contributed by atoms with E-state index < -0.39 is 0 Å². The molecule has 0 aliphatic carbocycles. The van der Waals surface area contributed by atoms with Gasteiger partial charge in [0.2, 0.25) is 0 Å². The summed E-state index contributed by atoms with van der Waals surface area (Å²) in [6.07, 6.45) is 0. The average molecular weight is 498 g/mol.